The van der Waals surface area contributed by atoms with Gasteiger partial charge in [-0.1, -0.05) is 6.42 Å². The van der Waals surface area contributed by atoms with Crippen LogP contribution in [0.1, 0.15) is 25.7 Å². The molecule has 2 atom stereocenters. The SMILES string of the molecule is Cl.NC1CCCC(C(=O)NCC(F)(F)C(F)F)C1. The number of alkyl halides is 4. The molecule has 2 unspecified atom stereocenters. The van der Waals surface area contributed by atoms with Crippen LogP contribution in [-0.2, 0) is 4.79 Å². The van der Waals surface area contributed by atoms with E-state index in [1.807, 2.05) is 5.32 Å². The van der Waals surface area contributed by atoms with Crippen LogP contribution in [0.4, 0.5) is 17.6 Å². The molecule has 0 aromatic heterocycles. The predicted molar refractivity (Wildman–Crippen MR) is 61.1 cm³/mol. The summed E-state index contributed by atoms with van der Waals surface area (Å²) in [7, 11) is 0. The van der Waals surface area contributed by atoms with Gasteiger partial charge in [0.15, 0.2) is 0 Å². The molecular weight excluding hydrogens is 276 g/mol. The highest BCUT2D eigenvalue weighted by molar-refractivity contribution is 5.85. The van der Waals surface area contributed by atoms with Crippen molar-refractivity contribution in [3.8, 4) is 0 Å². The summed E-state index contributed by atoms with van der Waals surface area (Å²) < 4.78 is 48.8. The van der Waals surface area contributed by atoms with E-state index in [0.717, 1.165) is 12.8 Å². The van der Waals surface area contributed by atoms with Crippen LogP contribution in [0.3, 0.4) is 0 Å². The summed E-state index contributed by atoms with van der Waals surface area (Å²) >= 11 is 0. The van der Waals surface area contributed by atoms with E-state index in [1.165, 1.54) is 0 Å². The number of carbonyl (C=O) groups is 1. The molecule has 1 fully saturated rings. The van der Waals surface area contributed by atoms with Gasteiger partial charge in [-0.25, -0.2) is 8.78 Å². The Balaban J connectivity index is 0.00000289. The van der Waals surface area contributed by atoms with E-state index >= 15 is 0 Å². The number of hydrogen-bond donors (Lipinski definition) is 2. The number of hydrogen-bond acceptors (Lipinski definition) is 2. The van der Waals surface area contributed by atoms with E-state index in [2.05, 4.69) is 0 Å². The largest absolute Gasteiger partial charge is 0.350 e. The fraction of sp³-hybridized carbons (Fsp3) is 0.900. The average molecular weight is 293 g/mol. The molecule has 0 spiro atoms. The fourth-order valence-electron chi connectivity index (χ4n) is 1.89. The molecule has 0 heterocycles. The van der Waals surface area contributed by atoms with Crippen LogP contribution in [0.2, 0.25) is 0 Å². The van der Waals surface area contributed by atoms with Gasteiger partial charge >= 0.3 is 12.3 Å². The quantitative estimate of drug-likeness (QED) is 0.778. The third kappa shape index (κ3) is 4.97. The van der Waals surface area contributed by atoms with Gasteiger partial charge in [0.2, 0.25) is 5.91 Å². The molecular formula is C10H17ClF4N2O. The summed E-state index contributed by atoms with van der Waals surface area (Å²) in [6, 6.07) is -0.116. The highest BCUT2D eigenvalue weighted by Crippen LogP contribution is 2.25. The van der Waals surface area contributed by atoms with Gasteiger partial charge < -0.3 is 11.1 Å². The first-order valence-corrected chi connectivity index (χ1v) is 5.52. The third-order valence-electron chi connectivity index (χ3n) is 2.90. The van der Waals surface area contributed by atoms with E-state index in [-0.39, 0.29) is 18.4 Å². The molecule has 0 aromatic rings. The van der Waals surface area contributed by atoms with Crippen molar-refractivity contribution < 1.29 is 22.4 Å². The van der Waals surface area contributed by atoms with Gasteiger partial charge in [0, 0.05) is 12.0 Å². The Hall–Kier alpha value is -0.560. The van der Waals surface area contributed by atoms with Crippen molar-refractivity contribution in [2.75, 3.05) is 6.54 Å². The smallest absolute Gasteiger partial charge is 0.324 e. The number of rotatable bonds is 4. The van der Waals surface area contributed by atoms with Crippen molar-refractivity contribution in [2.45, 2.75) is 44.1 Å². The Morgan fingerprint density at radius 2 is 2.00 bits per heavy atom. The molecule has 108 valence electrons. The maximum absolute atomic E-state index is 12.6. The molecule has 1 saturated carbocycles. The lowest BCUT2D eigenvalue weighted by Crippen LogP contribution is -2.45. The molecule has 0 saturated heterocycles. The maximum Gasteiger partial charge on any atom is 0.324 e. The van der Waals surface area contributed by atoms with Gasteiger partial charge in [-0.2, -0.15) is 8.78 Å². The fourth-order valence-corrected chi connectivity index (χ4v) is 1.89. The summed E-state index contributed by atoms with van der Waals surface area (Å²) in [5.41, 5.74) is 5.64. The second-order valence-electron chi connectivity index (χ2n) is 4.40. The van der Waals surface area contributed by atoms with Crippen molar-refractivity contribution in [1.29, 1.82) is 0 Å². The Morgan fingerprint density at radius 1 is 1.39 bits per heavy atom. The van der Waals surface area contributed by atoms with Crippen molar-refractivity contribution in [3.05, 3.63) is 0 Å². The maximum atomic E-state index is 12.6. The molecule has 1 amide bonds. The molecule has 0 radical (unpaired) electrons. The monoisotopic (exact) mass is 292 g/mol. The van der Waals surface area contributed by atoms with Crippen LogP contribution in [0.15, 0.2) is 0 Å². The first-order valence-electron chi connectivity index (χ1n) is 5.52. The summed E-state index contributed by atoms with van der Waals surface area (Å²) in [6.07, 6.45) is -1.22. The summed E-state index contributed by atoms with van der Waals surface area (Å²) in [5.74, 6) is -5.22. The molecule has 1 rings (SSSR count). The molecule has 3 N–H and O–H groups in total. The Kier molecular flexibility index (Phi) is 6.91. The zero-order chi connectivity index (χ0) is 13.1. The standard InChI is InChI=1S/C10H16F4N2O.ClH/c11-9(12)10(13,14)5-16-8(17)6-2-1-3-7(15)4-6;/h6-7,9H,1-5,15H2,(H,16,17);1H. The minimum Gasteiger partial charge on any atom is -0.350 e. The van der Waals surface area contributed by atoms with Crippen molar-refractivity contribution in [2.24, 2.45) is 11.7 Å². The van der Waals surface area contributed by atoms with Crippen LogP contribution >= 0.6 is 12.4 Å². The molecule has 8 heteroatoms. The number of carbonyl (C=O) groups excluding carboxylic acids is 1. The van der Waals surface area contributed by atoms with Gasteiger partial charge in [0.25, 0.3) is 0 Å². The number of nitrogens with one attached hydrogen (secondary N) is 1. The van der Waals surface area contributed by atoms with Crippen molar-refractivity contribution in [1.82, 2.24) is 5.32 Å². The number of nitrogens with two attached hydrogens (primary N) is 1. The average Bonchev–Trinajstić information content (AvgIpc) is 2.25. The number of amides is 1. The van der Waals surface area contributed by atoms with E-state index < -0.39 is 30.7 Å². The third-order valence-corrected chi connectivity index (χ3v) is 2.90. The zero-order valence-electron chi connectivity index (χ0n) is 9.67. The highest BCUT2D eigenvalue weighted by Gasteiger charge is 2.41. The van der Waals surface area contributed by atoms with E-state index in [1.54, 1.807) is 0 Å². The van der Waals surface area contributed by atoms with E-state index in [4.69, 9.17) is 5.73 Å². The Labute approximate surface area is 109 Å². The molecule has 0 bridgehead atoms. The predicted octanol–water partition coefficient (Wildman–Crippen LogP) is 1.94. The minimum absolute atomic E-state index is 0. The molecule has 1 aliphatic rings. The normalized spacial score (nSPS) is 24.6. The lowest BCUT2D eigenvalue weighted by molar-refractivity contribution is -0.139. The number of halogens is 5. The van der Waals surface area contributed by atoms with Gasteiger partial charge in [0.1, 0.15) is 0 Å². The second-order valence-corrected chi connectivity index (χ2v) is 4.40. The van der Waals surface area contributed by atoms with Crippen molar-refractivity contribution in [3.63, 3.8) is 0 Å². The van der Waals surface area contributed by atoms with Gasteiger partial charge in [-0.05, 0) is 19.3 Å². The summed E-state index contributed by atoms with van der Waals surface area (Å²) in [4.78, 5) is 11.5. The first-order chi connectivity index (χ1) is 7.83. The molecule has 0 aliphatic heterocycles. The summed E-state index contributed by atoms with van der Waals surface area (Å²) in [6.45, 7) is -1.32. The zero-order valence-corrected chi connectivity index (χ0v) is 10.5. The van der Waals surface area contributed by atoms with Crippen LogP contribution in [0.25, 0.3) is 0 Å². The first kappa shape index (κ1) is 17.4. The Morgan fingerprint density at radius 3 is 2.50 bits per heavy atom. The molecule has 3 nitrogen and oxygen atoms in total. The highest BCUT2D eigenvalue weighted by atomic mass is 35.5. The van der Waals surface area contributed by atoms with Crippen LogP contribution in [0.5, 0.6) is 0 Å². The minimum atomic E-state index is -4.17. The molecule has 18 heavy (non-hydrogen) atoms. The van der Waals surface area contributed by atoms with Crippen LogP contribution in [-0.4, -0.2) is 30.8 Å². The lowest BCUT2D eigenvalue weighted by atomic mass is 9.85. The molecule has 1 aliphatic carbocycles. The lowest BCUT2D eigenvalue weighted by Gasteiger charge is -2.26. The van der Waals surface area contributed by atoms with Crippen LogP contribution < -0.4 is 11.1 Å². The van der Waals surface area contributed by atoms with E-state index in [0.29, 0.717) is 12.8 Å². The summed E-state index contributed by atoms with van der Waals surface area (Å²) in [5, 5.41) is 1.87. The van der Waals surface area contributed by atoms with Gasteiger partial charge in [0.05, 0.1) is 6.54 Å². The second kappa shape index (κ2) is 7.13. The topological polar surface area (TPSA) is 55.1 Å². The Bertz CT molecular complexity index is 279. The molecule has 0 aromatic carbocycles. The van der Waals surface area contributed by atoms with Crippen LogP contribution in [0, 0.1) is 5.92 Å². The van der Waals surface area contributed by atoms with Gasteiger partial charge in [-0.15, -0.1) is 12.4 Å². The van der Waals surface area contributed by atoms with Gasteiger partial charge in [-0.3, -0.25) is 4.79 Å². The van der Waals surface area contributed by atoms with Crippen molar-refractivity contribution >= 4 is 18.3 Å². The van der Waals surface area contributed by atoms with E-state index in [9.17, 15) is 22.4 Å².